The molecular weight excluding hydrogens is 221 g/mol. The zero-order chi connectivity index (χ0) is 11.6. The molecule has 0 bridgehead atoms. The van der Waals surface area contributed by atoms with E-state index in [-0.39, 0.29) is 10.6 Å². The summed E-state index contributed by atoms with van der Waals surface area (Å²) in [4.78, 5) is 10.8. The van der Waals surface area contributed by atoms with Crippen molar-refractivity contribution in [3.05, 3.63) is 34.1 Å². The summed E-state index contributed by atoms with van der Waals surface area (Å²) in [5.74, 6) is -1.56. The van der Waals surface area contributed by atoms with Crippen LogP contribution in [0.15, 0.2) is 12.1 Å². The van der Waals surface area contributed by atoms with E-state index in [9.17, 15) is 9.18 Å². The van der Waals surface area contributed by atoms with Crippen LogP contribution in [-0.4, -0.2) is 18.1 Å². The summed E-state index contributed by atoms with van der Waals surface area (Å²) in [6.07, 6.45) is 0. The van der Waals surface area contributed by atoms with Gasteiger partial charge in [-0.15, -0.1) is 0 Å². The van der Waals surface area contributed by atoms with Gasteiger partial charge in [-0.3, -0.25) is 4.79 Å². The Morgan fingerprint density at radius 1 is 1.60 bits per heavy atom. The number of benzene rings is 1. The molecule has 1 aromatic carbocycles. The lowest BCUT2D eigenvalue weighted by Crippen LogP contribution is -2.25. The van der Waals surface area contributed by atoms with Crippen LogP contribution in [-0.2, 0) is 4.79 Å². The van der Waals surface area contributed by atoms with E-state index in [0.717, 1.165) is 6.07 Å². The molecular formula is C10H11ClFNO2. The third kappa shape index (κ3) is 2.46. The molecule has 2 N–H and O–H groups in total. The van der Waals surface area contributed by atoms with Crippen molar-refractivity contribution in [2.24, 2.45) is 0 Å². The van der Waals surface area contributed by atoms with Crippen molar-refractivity contribution >= 4 is 17.6 Å². The van der Waals surface area contributed by atoms with Gasteiger partial charge in [0.05, 0.1) is 0 Å². The highest BCUT2D eigenvalue weighted by Gasteiger charge is 2.21. The van der Waals surface area contributed by atoms with Gasteiger partial charge in [-0.2, -0.15) is 0 Å². The predicted octanol–water partition coefficient (Wildman–Crippen LogP) is 2.13. The fraction of sp³-hybridized carbons (Fsp3) is 0.300. The number of rotatable bonds is 3. The highest BCUT2D eigenvalue weighted by molar-refractivity contribution is 6.31. The molecule has 0 aliphatic heterocycles. The molecule has 0 amide bonds. The van der Waals surface area contributed by atoms with Gasteiger partial charge in [-0.25, -0.2) is 4.39 Å². The Bertz CT molecular complexity index is 395. The molecule has 0 heterocycles. The lowest BCUT2D eigenvalue weighted by Gasteiger charge is -2.14. The van der Waals surface area contributed by atoms with Crippen molar-refractivity contribution in [1.82, 2.24) is 5.32 Å². The van der Waals surface area contributed by atoms with E-state index in [0.29, 0.717) is 5.56 Å². The Kier molecular flexibility index (Phi) is 3.66. The number of carbonyl (C=O) groups is 1. The van der Waals surface area contributed by atoms with Crippen LogP contribution in [0.1, 0.15) is 17.2 Å². The van der Waals surface area contributed by atoms with Crippen LogP contribution in [0.4, 0.5) is 4.39 Å². The van der Waals surface area contributed by atoms with Crippen LogP contribution in [0.5, 0.6) is 0 Å². The number of aryl methyl sites for hydroxylation is 1. The number of likely N-dealkylation sites (N-methyl/N-ethyl adjacent to an activating group) is 1. The van der Waals surface area contributed by atoms with Crippen LogP contribution in [0.25, 0.3) is 0 Å². The number of carboxylic acids is 1. The third-order valence-electron chi connectivity index (χ3n) is 2.12. The van der Waals surface area contributed by atoms with Crippen LogP contribution < -0.4 is 5.32 Å². The number of nitrogens with one attached hydrogen (secondary N) is 1. The van der Waals surface area contributed by atoms with E-state index in [1.54, 1.807) is 6.92 Å². The molecule has 0 radical (unpaired) electrons. The SMILES string of the molecule is CNC(C(=O)O)c1cc(F)c(C)cc1Cl. The molecule has 0 saturated carbocycles. The first-order valence-corrected chi connectivity index (χ1v) is 4.70. The molecule has 0 aliphatic carbocycles. The summed E-state index contributed by atoms with van der Waals surface area (Å²) >= 11 is 5.85. The Labute approximate surface area is 91.9 Å². The van der Waals surface area contributed by atoms with E-state index < -0.39 is 17.8 Å². The Morgan fingerprint density at radius 3 is 2.67 bits per heavy atom. The molecule has 0 fully saturated rings. The van der Waals surface area contributed by atoms with E-state index in [4.69, 9.17) is 16.7 Å². The summed E-state index contributed by atoms with van der Waals surface area (Å²) in [6, 6.07) is 1.57. The molecule has 82 valence electrons. The van der Waals surface area contributed by atoms with Crippen molar-refractivity contribution in [3.63, 3.8) is 0 Å². The molecule has 0 spiro atoms. The summed E-state index contributed by atoms with van der Waals surface area (Å²) in [6.45, 7) is 1.57. The lowest BCUT2D eigenvalue weighted by molar-refractivity contribution is -0.139. The van der Waals surface area contributed by atoms with Crippen molar-refractivity contribution in [2.75, 3.05) is 7.05 Å². The number of hydrogen-bond donors (Lipinski definition) is 2. The van der Waals surface area contributed by atoms with Gasteiger partial charge in [0.15, 0.2) is 0 Å². The first-order chi connectivity index (χ1) is 6.97. The molecule has 5 heteroatoms. The topological polar surface area (TPSA) is 49.3 Å². The summed E-state index contributed by atoms with van der Waals surface area (Å²) in [5, 5.41) is 11.7. The number of halogens is 2. The zero-order valence-corrected chi connectivity index (χ0v) is 9.10. The summed E-state index contributed by atoms with van der Waals surface area (Å²) in [5.41, 5.74) is 0.624. The van der Waals surface area contributed by atoms with Gasteiger partial charge in [-0.1, -0.05) is 11.6 Å². The molecule has 0 aliphatic rings. The van der Waals surface area contributed by atoms with Crippen molar-refractivity contribution in [1.29, 1.82) is 0 Å². The highest BCUT2D eigenvalue weighted by Crippen LogP contribution is 2.26. The fourth-order valence-electron chi connectivity index (χ4n) is 1.29. The number of aliphatic carboxylic acids is 1. The second-order valence-electron chi connectivity index (χ2n) is 3.18. The minimum atomic E-state index is -1.09. The maximum atomic E-state index is 13.2. The maximum Gasteiger partial charge on any atom is 0.325 e. The van der Waals surface area contributed by atoms with Gasteiger partial charge in [0.25, 0.3) is 0 Å². The monoisotopic (exact) mass is 231 g/mol. The maximum absolute atomic E-state index is 13.2. The molecule has 0 saturated heterocycles. The first kappa shape index (κ1) is 11.9. The van der Waals surface area contributed by atoms with E-state index in [2.05, 4.69) is 5.32 Å². The smallest absolute Gasteiger partial charge is 0.325 e. The molecule has 0 aromatic heterocycles. The fourth-order valence-corrected chi connectivity index (χ4v) is 1.62. The standard InChI is InChI=1S/C10H11ClFNO2/c1-5-3-7(11)6(4-8(5)12)9(13-2)10(14)15/h3-4,9,13H,1-2H3,(H,14,15). The van der Waals surface area contributed by atoms with Crippen molar-refractivity contribution < 1.29 is 14.3 Å². The molecule has 3 nitrogen and oxygen atoms in total. The van der Waals surface area contributed by atoms with Crippen LogP contribution >= 0.6 is 11.6 Å². The minimum Gasteiger partial charge on any atom is -0.480 e. The van der Waals surface area contributed by atoms with Crippen LogP contribution in [0.3, 0.4) is 0 Å². The molecule has 1 aromatic rings. The second-order valence-corrected chi connectivity index (χ2v) is 3.59. The minimum absolute atomic E-state index is 0.231. The normalized spacial score (nSPS) is 12.5. The molecule has 1 unspecified atom stereocenters. The summed E-state index contributed by atoms with van der Waals surface area (Å²) < 4.78 is 13.2. The van der Waals surface area contributed by atoms with E-state index in [1.807, 2.05) is 0 Å². The Morgan fingerprint density at radius 2 is 2.20 bits per heavy atom. The van der Waals surface area contributed by atoms with Gasteiger partial charge in [0.2, 0.25) is 0 Å². The lowest BCUT2D eigenvalue weighted by atomic mass is 10.0. The van der Waals surface area contributed by atoms with Gasteiger partial charge in [0.1, 0.15) is 11.9 Å². The average Bonchev–Trinajstić information content (AvgIpc) is 2.14. The highest BCUT2D eigenvalue weighted by atomic mass is 35.5. The Hall–Kier alpha value is -1.13. The second kappa shape index (κ2) is 4.59. The van der Waals surface area contributed by atoms with Gasteiger partial charge in [0, 0.05) is 10.6 Å². The van der Waals surface area contributed by atoms with Gasteiger partial charge >= 0.3 is 5.97 Å². The molecule has 15 heavy (non-hydrogen) atoms. The predicted molar refractivity (Wildman–Crippen MR) is 55.6 cm³/mol. The first-order valence-electron chi connectivity index (χ1n) is 4.33. The van der Waals surface area contributed by atoms with Crippen LogP contribution in [0.2, 0.25) is 5.02 Å². The van der Waals surface area contributed by atoms with Crippen molar-refractivity contribution in [2.45, 2.75) is 13.0 Å². The van der Waals surface area contributed by atoms with E-state index >= 15 is 0 Å². The average molecular weight is 232 g/mol. The molecule has 1 atom stereocenters. The number of carboxylic acid groups (broad SMARTS) is 1. The summed E-state index contributed by atoms with van der Waals surface area (Å²) in [7, 11) is 1.48. The quantitative estimate of drug-likeness (QED) is 0.838. The zero-order valence-electron chi connectivity index (χ0n) is 8.34. The number of hydrogen-bond acceptors (Lipinski definition) is 2. The van der Waals surface area contributed by atoms with Crippen molar-refractivity contribution in [3.8, 4) is 0 Å². The molecule has 1 rings (SSSR count). The Balaban J connectivity index is 3.24. The largest absolute Gasteiger partial charge is 0.480 e. The van der Waals surface area contributed by atoms with Gasteiger partial charge < -0.3 is 10.4 Å². The van der Waals surface area contributed by atoms with Gasteiger partial charge in [-0.05, 0) is 31.7 Å². The third-order valence-corrected chi connectivity index (χ3v) is 2.45. The van der Waals surface area contributed by atoms with E-state index in [1.165, 1.54) is 13.1 Å². The van der Waals surface area contributed by atoms with Crippen LogP contribution in [0, 0.1) is 12.7 Å².